The molecule has 0 amide bonds. The van der Waals surface area contributed by atoms with Crippen molar-refractivity contribution >= 4 is 45.7 Å². The van der Waals surface area contributed by atoms with Crippen LogP contribution in [0.5, 0.6) is 0 Å². The van der Waals surface area contributed by atoms with Crippen LogP contribution in [-0.2, 0) is 6.42 Å². The molecule has 2 N–H and O–H groups in total. The van der Waals surface area contributed by atoms with E-state index in [1.54, 1.807) is 0 Å². The molecule has 0 bridgehead atoms. The highest BCUT2D eigenvalue weighted by atomic mass is 35.6. The molecule has 0 saturated heterocycles. The number of rotatable bonds is 0. The highest BCUT2D eigenvalue weighted by molar-refractivity contribution is 6.68. The Balaban J connectivity index is 0.000000847. The molecule has 0 fully saturated rings. The third-order valence-electron chi connectivity index (χ3n) is 4.13. The van der Waals surface area contributed by atoms with Gasteiger partial charge in [-0.25, -0.2) is 0 Å². The van der Waals surface area contributed by atoms with Crippen molar-refractivity contribution < 1.29 is 0 Å². The first kappa shape index (κ1) is 17.9. The number of hydrogen-bond donors (Lipinski definition) is 2. The molecular formula is C17H23Cl3N2. The third kappa shape index (κ3) is 3.26. The fourth-order valence-electron chi connectivity index (χ4n) is 2.99. The van der Waals surface area contributed by atoms with Crippen molar-refractivity contribution in [2.75, 3.05) is 0 Å². The SMILES string of the molecule is CC.Cc1cc2[nH]c3c(c2cc1C)CC(C)NC3C(Cl)(Cl)Cl. The van der Waals surface area contributed by atoms with Gasteiger partial charge >= 0.3 is 0 Å². The Morgan fingerprint density at radius 1 is 1.09 bits per heavy atom. The average Bonchev–Trinajstić information content (AvgIpc) is 2.77. The van der Waals surface area contributed by atoms with Crippen LogP contribution in [0.4, 0.5) is 0 Å². The Kier molecular flexibility index (Phi) is 5.38. The summed E-state index contributed by atoms with van der Waals surface area (Å²) >= 11 is 18.4. The molecule has 0 radical (unpaired) electrons. The topological polar surface area (TPSA) is 27.8 Å². The summed E-state index contributed by atoms with van der Waals surface area (Å²) in [7, 11) is 0. The lowest BCUT2D eigenvalue weighted by molar-refractivity contribution is 0.422. The fourth-order valence-corrected chi connectivity index (χ4v) is 3.51. The zero-order valence-corrected chi connectivity index (χ0v) is 15.9. The molecule has 2 heterocycles. The number of H-pyrrole nitrogens is 1. The van der Waals surface area contributed by atoms with Crippen LogP contribution in [0.1, 0.15) is 49.2 Å². The standard InChI is InChI=1S/C15H17Cl3N2.C2H6/c1-7-4-10-11-6-9(3)19-14(15(16,17)18)13(11)20-12(10)5-8(7)2;1-2/h4-5,9,14,19-20H,6H2,1-3H3;1-2H3. The molecule has 0 spiro atoms. The number of aromatic nitrogens is 1. The largest absolute Gasteiger partial charge is 0.357 e. The van der Waals surface area contributed by atoms with Gasteiger partial charge in [0.2, 0.25) is 3.79 Å². The second-order valence-electron chi connectivity index (χ2n) is 5.75. The van der Waals surface area contributed by atoms with Crippen LogP contribution in [0.3, 0.4) is 0 Å². The van der Waals surface area contributed by atoms with Gasteiger partial charge in [0.1, 0.15) is 0 Å². The minimum atomic E-state index is -1.37. The van der Waals surface area contributed by atoms with Gasteiger partial charge in [-0.05, 0) is 56.0 Å². The molecule has 0 saturated carbocycles. The van der Waals surface area contributed by atoms with Gasteiger partial charge in [0.15, 0.2) is 0 Å². The van der Waals surface area contributed by atoms with E-state index in [0.717, 1.165) is 17.6 Å². The van der Waals surface area contributed by atoms with Crippen LogP contribution in [0.15, 0.2) is 12.1 Å². The predicted molar refractivity (Wildman–Crippen MR) is 98.5 cm³/mol. The van der Waals surface area contributed by atoms with Crippen molar-refractivity contribution in [3.8, 4) is 0 Å². The van der Waals surface area contributed by atoms with E-state index in [9.17, 15) is 0 Å². The first-order valence-electron chi connectivity index (χ1n) is 7.72. The summed E-state index contributed by atoms with van der Waals surface area (Å²) in [6.45, 7) is 10.4. The van der Waals surface area contributed by atoms with E-state index in [2.05, 4.69) is 43.2 Å². The average molecular weight is 362 g/mol. The summed E-state index contributed by atoms with van der Waals surface area (Å²) in [5.74, 6) is 0. The summed E-state index contributed by atoms with van der Waals surface area (Å²) in [5.41, 5.74) is 5.94. The summed E-state index contributed by atoms with van der Waals surface area (Å²) in [5, 5.41) is 4.62. The van der Waals surface area contributed by atoms with E-state index in [0.29, 0.717) is 0 Å². The van der Waals surface area contributed by atoms with E-state index in [1.807, 2.05) is 13.8 Å². The van der Waals surface area contributed by atoms with Crippen LogP contribution in [0, 0.1) is 13.8 Å². The molecule has 22 heavy (non-hydrogen) atoms. The Hall–Kier alpha value is -0.410. The number of nitrogens with one attached hydrogen (secondary N) is 2. The summed E-state index contributed by atoms with van der Waals surface area (Å²) in [4.78, 5) is 3.45. The molecule has 1 aromatic heterocycles. The van der Waals surface area contributed by atoms with E-state index >= 15 is 0 Å². The van der Waals surface area contributed by atoms with Crippen LogP contribution in [0.2, 0.25) is 0 Å². The minimum Gasteiger partial charge on any atom is -0.357 e. The molecule has 1 aliphatic rings. The molecule has 3 rings (SSSR count). The van der Waals surface area contributed by atoms with E-state index < -0.39 is 3.79 Å². The zero-order chi connectivity index (χ0) is 16.7. The molecule has 1 aromatic carbocycles. The van der Waals surface area contributed by atoms with Crippen molar-refractivity contribution in [1.29, 1.82) is 0 Å². The molecule has 5 heteroatoms. The van der Waals surface area contributed by atoms with Gasteiger partial charge in [-0.1, -0.05) is 48.7 Å². The molecule has 1 aliphatic heterocycles. The number of hydrogen-bond acceptors (Lipinski definition) is 1. The number of aromatic amines is 1. The zero-order valence-electron chi connectivity index (χ0n) is 13.7. The Morgan fingerprint density at radius 3 is 2.27 bits per heavy atom. The quantitative estimate of drug-likeness (QED) is 0.574. The van der Waals surface area contributed by atoms with Crippen molar-refractivity contribution in [3.63, 3.8) is 0 Å². The number of halogens is 3. The van der Waals surface area contributed by atoms with Crippen LogP contribution >= 0.6 is 34.8 Å². The molecule has 2 atom stereocenters. The van der Waals surface area contributed by atoms with Gasteiger partial charge in [-0.2, -0.15) is 0 Å². The van der Waals surface area contributed by atoms with Crippen LogP contribution < -0.4 is 5.32 Å². The van der Waals surface area contributed by atoms with Gasteiger partial charge in [-0.3, -0.25) is 0 Å². The maximum atomic E-state index is 6.14. The Labute approximate surface area is 147 Å². The third-order valence-corrected chi connectivity index (χ3v) is 4.79. The fraction of sp³-hybridized carbons (Fsp3) is 0.529. The maximum Gasteiger partial charge on any atom is 0.211 e. The van der Waals surface area contributed by atoms with E-state index in [4.69, 9.17) is 34.8 Å². The highest BCUT2D eigenvalue weighted by Gasteiger charge is 2.40. The van der Waals surface area contributed by atoms with Gasteiger partial charge in [0, 0.05) is 22.6 Å². The Bertz CT molecular complexity index is 671. The first-order valence-corrected chi connectivity index (χ1v) is 8.85. The monoisotopic (exact) mass is 360 g/mol. The van der Waals surface area contributed by atoms with Crippen LogP contribution in [-0.4, -0.2) is 14.8 Å². The van der Waals surface area contributed by atoms with Crippen molar-refractivity contribution in [1.82, 2.24) is 10.3 Å². The molecule has 122 valence electrons. The van der Waals surface area contributed by atoms with E-state index in [1.165, 1.54) is 22.1 Å². The molecule has 0 aliphatic carbocycles. The lowest BCUT2D eigenvalue weighted by Crippen LogP contribution is -2.43. The van der Waals surface area contributed by atoms with Gasteiger partial charge in [0.05, 0.1) is 6.04 Å². The second kappa shape index (κ2) is 6.60. The summed E-state index contributed by atoms with van der Waals surface area (Å²) in [6.07, 6.45) is 0.940. The van der Waals surface area contributed by atoms with Crippen molar-refractivity contribution in [3.05, 3.63) is 34.5 Å². The lowest BCUT2D eigenvalue weighted by Gasteiger charge is -2.33. The summed E-state index contributed by atoms with van der Waals surface area (Å²) < 4.78 is -1.37. The molecular weight excluding hydrogens is 339 g/mol. The number of alkyl halides is 3. The minimum absolute atomic E-state index is 0.281. The second-order valence-corrected chi connectivity index (χ2v) is 8.11. The smallest absolute Gasteiger partial charge is 0.211 e. The van der Waals surface area contributed by atoms with Gasteiger partial charge < -0.3 is 10.3 Å². The lowest BCUT2D eigenvalue weighted by atomic mass is 9.94. The Morgan fingerprint density at radius 2 is 1.68 bits per heavy atom. The molecule has 2 unspecified atom stereocenters. The highest BCUT2D eigenvalue weighted by Crippen LogP contribution is 2.44. The molecule has 2 aromatic rings. The summed E-state index contributed by atoms with van der Waals surface area (Å²) in [6, 6.07) is 4.37. The number of fused-ring (bicyclic) bond motifs is 3. The first-order chi connectivity index (χ1) is 10.3. The number of benzene rings is 1. The predicted octanol–water partition coefficient (Wildman–Crippen LogP) is 5.76. The van der Waals surface area contributed by atoms with Gasteiger partial charge in [0.25, 0.3) is 0 Å². The molecule has 2 nitrogen and oxygen atoms in total. The van der Waals surface area contributed by atoms with Crippen molar-refractivity contribution in [2.45, 2.75) is 56.9 Å². The van der Waals surface area contributed by atoms with Crippen LogP contribution in [0.25, 0.3) is 10.9 Å². The number of aryl methyl sites for hydroxylation is 2. The van der Waals surface area contributed by atoms with E-state index in [-0.39, 0.29) is 12.1 Å². The van der Waals surface area contributed by atoms with Crippen molar-refractivity contribution in [2.24, 2.45) is 0 Å². The maximum absolute atomic E-state index is 6.14. The normalized spacial score (nSPS) is 21.3. The van der Waals surface area contributed by atoms with Gasteiger partial charge in [-0.15, -0.1) is 0 Å².